The fourth-order valence-corrected chi connectivity index (χ4v) is 0.588. The van der Waals surface area contributed by atoms with Crippen LogP contribution in [0.15, 0.2) is 0 Å². The predicted molar refractivity (Wildman–Crippen MR) is 45.3 cm³/mol. The Bertz CT molecular complexity index is 126. The second-order valence-electron chi connectivity index (χ2n) is 2.17. The zero-order chi connectivity index (χ0) is 9.94. The van der Waals surface area contributed by atoms with Crippen LogP contribution in [0.3, 0.4) is 0 Å². The lowest BCUT2D eigenvalue weighted by atomic mass is 10.7. The summed E-state index contributed by atoms with van der Waals surface area (Å²) in [5.41, 5.74) is 0. The molecule has 0 aromatic rings. The van der Waals surface area contributed by atoms with Gasteiger partial charge in [-0.05, 0) is 6.92 Å². The number of methoxy groups -OCH3 is 1. The van der Waals surface area contributed by atoms with E-state index in [9.17, 15) is 4.79 Å². The molecule has 0 atom stereocenters. The maximum absolute atomic E-state index is 10.7. The van der Waals surface area contributed by atoms with Gasteiger partial charge in [0, 0.05) is 7.11 Å². The second-order valence-corrected chi connectivity index (χ2v) is 2.17. The highest BCUT2D eigenvalue weighted by Gasteiger charge is 1.99. The number of carbonyl (C=O) groups excluding carboxylic acids is 1. The Labute approximate surface area is 77.9 Å². The van der Waals surface area contributed by atoms with E-state index in [4.69, 9.17) is 14.2 Å². The van der Waals surface area contributed by atoms with Gasteiger partial charge >= 0.3 is 5.97 Å². The first kappa shape index (κ1) is 12.3. The Balaban J connectivity index is 3.02. The van der Waals surface area contributed by atoms with Crippen LogP contribution < -0.4 is 0 Å². The molecule has 0 rings (SSSR count). The highest BCUT2D eigenvalue weighted by molar-refractivity contribution is 5.70. The van der Waals surface area contributed by atoms with E-state index < -0.39 is 0 Å². The number of carbonyl (C=O) groups is 1. The summed E-state index contributed by atoms with van der Waals surface area (Å²) < 4.78 is 19.2. The fourth-order valence-electron chi connectivity index (χ4n) is 0.588. The molecule has 0 bridgehead atoms. The van der Waals surface area contributed by atoms with E-state index in [-0.39, 0.29) is 19.4 Å². The van der Waals surface area contributed by atoms with Gasteiger partial charge in [-0.25, -0.2) is 4.79 Å². The quantitative estimate of drug-likeness (QED) is 0.312. The van der Waals surface area contributed by atoms with E-state index >= 15 is 0 Å². The molecule has 0 heterocycles. The van der Waals surface area contributed by atoms with Gasteiger partial charge in [0.15, 0.2) is 0 Å². The first-order valence-corrected chi connectivity index (χ1v) is 4.11. The molecule has 13 heavy (non-hydrogen) atoms. The van der Waals surface area contributed by atoms with Crippen molar-refractivity contribution >= 4 is 5.97 Å². The highest BCUT2D eigenvalue weighted by Crippen LogP contribution is 1.83. The third-order valence-corrected chi connectivity index (χ3v) is 1.12. The summed E-state index contributed by atoms with van der Waals surface area (Å²) in [5, 5.41) is 0. The Hall–Kier alpha value is -0.650. The zero-order valence-electron chi connectivity index (χ0n) is 8.08. The van der Waals surface area contributed by atoms with Crippen molar-refractivity contribution in [1.82, 2.24) is 0 Å². The first-order chi connectivity index (χ1) is 6.31. The Kier molecular flexibility index (Phi) is 8.97. The minimum Gasteiger partial charge on any atom is -0.464 e. The molecule has 0 aliphatic rings. The number of esters is 1. The van der Waals surface area contributed by atoms with Crippen molar-refractivity contribution in [3.63, 3.8) is 0 Å². The molecule has 0 saturated heterocycles. The molecule has 78 valence electrons. The number of hydrogen-bond acceptors (Lipinski definition) is 5. The summed E-state index contributed by atoms with van der Waals surface area (Å²) in [4.78, 5) is 10.7. The van der Waals surface area contributed by atoms with Crippen LogP contribution in [-0.4, -0.2) is 46.3 Å². The molecule has 5 heteroatoms. The normalized spacial score (nSPS) is 10.0. The smallest absolute Gasteiger partial charge is 0.332 e. The largest absolute Gasteiger partial charge is 0.464 e. The lowest BCUT2D eigenvalue weighted by Crippen LogP contribution is -2.14. The monoisotopic (exact) mass is 192 g/mol. The molecule has 0 radical (unpaired) electrons. The summed E-state index contributed by atoms with van der Waals surface area (Å²) in [5.74, 6) is -0.377. The molecular weight excluding hydrogens is 176 g/mol. The van der Waals surface area contributed by atoms with Gasteiger partial charge in [0.25, 0.3) is 0 Å². The molecule has 0 fully saturated rings. The summed E-state index contributed by atoms with van der Waals surface area (Å²) in [6, 6.07) is 0. The number of ether oxygens (including phenoxy) is 4. The third-order valence-electron chi connectivity index (χ3n) is 1.12. The van der Waals surface area contributed by atoms with Crippen LogP contribution in [-0.2, 0) is 23.7 Å². The van der Waals surface area contributed by atoms with E-state index in [1.807, 2.05) is 0 Å². The predicted octanol–water partition coefficient (Wildman–Crippen LogP) is 0.187. The maximum atomic E-state index is 10.7. The van der Waals surface area contributed by atoms with Crippen LogP contribution in [0.4, 0.5) is 0 Å². The van der Waals surface area contributed by atoms with Crippen molar-refractivity contribution in [3.8, 4) is 0 Å². The standard InChI is InChI=1S/C8H16O5/c1-3-13-8(9)6-12-7-11-5-4-10-2/h3-7H2,1-2H3. The van der Waals surface area contributed by atoms with Crippen molar-refractivity contribution in [2.24, 2.45) is 0 Å². The molecule has 0 saturated carbocycles. The van der Waals surface area contributed by atoms with Crippen molar-refractivity contribution in [1.29, 1.82) is 0 Å². The number of rotatable bonds is 8. The topological polar surface area (TPSA) is 54.0 Å². The molecule has 0 aliphatic heterocycles. The molecule has 0 aromatic carbocycles. The van der Waals surface area contributed by atoms with Gasteiger partial charge in [-0.15, -0.1) is 0 Å². The van der Waals surface area contributed by atoms with Crippen molar-refractivity contribution in [3.05, 3.63) is 0 Å². The van der Waals surface area contributed by atoms with E-state index in [0.29, 0.717) is 19.8 Å². The Morgan fingerprint density at radius 1 is 1.23 bits per heavy atom. The van der Waals surface area contributed by atoms with Gasteiger partial charge < -0.3 is 18.9 Å². The zero-order valence-corrected chi connectivity index (χ0v) is 8.08. The van der Waals surface area contributed by atoms with E-state index in [0.717, 1.165) is 0 Å². The summed E-state index contributed by atoms with van der Waals surface area (Å²) in [7, 11) is 1.59. The van der Waals surface area contributed by atoms with Crippen molar-refractivity contribution in [2.75, 3.05) is 40.3 Å². The van der Waals surface area contributed by atoms with Crippen LogP contribution in [0.1, 0.15) is 6.92 Å². The molecule has 0 aliphatic carbocycles. The number of hydrogen-bond donors (Lipinski definition) is 0. The minimum atomic E-state index is -0.377. The van der Waals surface area contributed by atoms with Gasteiger partial charge in [0.05, 0.1) is 19.8 Å². The van der Waals surface area contributed by atoms with Crippen LogP contribution >= 0.6 is 0 Å². The molecule has 0 N–H and O–H groups in total. The van der Waals surface area contributed by atoms with Gasteiger partial charge in [0.2, 0.25) is 0 Å². The molecule has 0 spiro atoms. The molecular formula is C8H16O5. The fraction of sp³-hybridized carbons (Fsp3) is 0.875. The maximum Gasteiger partial charge on any atom is 0.332 e. The molecule has 0 aromatic heterocycles. The molecule has 0 unspecified atom stereocenters. The summed E-state index contributed by atoms with van der Waals surface area (Å²) >= 11 is 0. The van der Waals surface area contributed by atoms with Gasteiger partial charge in [-0.2, -0.15) is 0 Å². The average Bonchev–Trinajstić information content (AvgIpc) is 2.11. The van der Waals surface area contributed by atoms with Crippen molar-refractivity contribution < 1.29 is 23.7 Å². The lowest BCUT2D eigenvalue weighted by Gasteiger charge is -2.04. The van der Waals surface area contributed by atoms with Crippen LogP contribution in [0.2, 0.25) is 0 Å². The first-order valence-electron chi connectivity index (χ1n) is 4.11. The van der Waals surface area contributed by atoms with E-state index in [1.54, 1.807) is 14.0 Å². The van der Waals surface area contributed by atoms with Gasteiger partial charge in [-0.1, -0.05) is 0 Å². The molecule has 0 amide bonds. The van der Waals surface area contributed by atoms with Gasteiger partial charge in [0.1, 0.15) is 13.4 Å². The van der Waals surface area contributed by atoms with Crippen LogP contribution in [0.25, 0.3) is 0 Å². The highest BCUT2D eigenvalue weighted by atomic mass is 16.7. The second kappa shape index (κ2) is 9.44. The average molecular weight is 192 g/mol. The lowest BCUT2D eigenvalue weighted by molar-refractivity contribution is -0.154. The Morgan fingerprint density at radius 2 is 2.00 bits per heavy atom. The van der Waals surface area contributed by atoms with E-state index in [1.165, 1.54) is 0 Å². The summed E-state index contributed by atoms with van der Waals surface area (Å²) in [6.45, 7) is 3.10. The SMILES string of the molecule is CCOC(=O)COCOCCOC. The van der Waals surface area contributed by atoms with Gasteiger partial charge in [-0.3, -0.25) is 0 Å². The van der Waals surface area contributed by atoms with E-state index in [2.05, 4.69) is 4.74 Å². The van der Waals surface area contributed by atoms with Crippen LogP contribution in [0, 0.1) is 0 Å². The third kappa shape index (κ3) is 9.26. The minimum absolute atomic E-state index is 0.0686. The van der Waals surface area contributed by atoms with Crippen molar-refractivity contribution in [2.45, 2.75) is 6.92 Å². The summed E-state index contributed by atoms with van der Waals surface area (Å²) in [6.07, 6.45) is 0. The Morgan fingerprint density at radius 3 is 2.62 bits per heavy atom. The molecule has 5 nitrogen and oxygen atoms in total. The van der Waals surface area contributed by atoms with Crippen LogP contribution in [0.5, 0.6) is 0 Å².